The molecule has 0 saturated carbocycles. The van der Waals surface area contributed by atoms with E-state index in [-0.39, 0.29) is 24.2 Å². The molecule has 0 fully saturated rings. The lowest BCUT2D eigenvalue weighted by atomic mass is 10.1. The Morgan fingerprint density at radius 2 is 1.64 bits per heavy atom. The van der Waals surface area contributed by atoms with Crippen molar-refractivity contribution in [2.24, 2.45) is 7.05 Å². The Morgan fingerprint density at radius 1 is 0.939 bits per heavy atom. The van der Waals surface area contributed by atoms with Gasteiger partial charge in [-0.3, -0.25) is 14.3 Å². The molecule has 168 valence electrons. The van der Waals surface area contributed by atoms with E-state index in [1.54, 1.807) is 60.4 Å². The summed E-state index contributed by atoms with van der Waals surface area (Å²) in [5.74, 6) is 0.834. The summed E-state index contributed by atoms with van der Waals surface area (Å²) in [6.07, 6.45) is 1.70. The number of nitrogens with one attached hydrogen (secondary N) is 2. The van der Waals surface area contributed by atoms with Gasteiger partial charge in [-0.05, 0) is 73.5 Å². The van der Waals surface area contributed by atoms with Crippen molar-refractivity contribution in [2.75, 3.05) is 10.6 Å². The van der Waals surface area contributed by atoms with Gasteiger partial charge in [0.2, 0.25) is 0 Å². The number of amides is 2. The lowest BCUT2D eigenvalue weighted by molar-refractivity contribution is 0.0990. The standard InChI is InChI=1S/C25H24N4O4/c1-16-4-5-17(2)23(14-16)32-15-20-10-11-22(33-20)25(31)27-19-8-6-18(7-9-19)26-24(30)21-12-13-29(3)28-21/h4-14H,15H2,1-3H3,(H,26,30)(H,27,31). The van der Waals surface area contributed by atoms with Crippen LogP contribution in [-0.4, -0.2) is 21.6 Å². The monoisotopic (exact) mass is 444 g/mol. The average Bonchev–Trinajstić information content (AvgIpc) is 3.45. The van der Waals surface area contributed by atoms with Gasteiger partial charge in [-0.1, -0.05) is 12.1 Å². The maximum atomic E-state index is 12.5. The summed E-state index contributed by atoms with van der Waals surface area (Å²) in [5, 5.41) is 9.60. The number of rotatable bonds is 7. The first-order valence-electron chi connectivity index (χ1n) is 10.4. The molecule has 0 aliphatic heterocycles. The Bertz CT molecular complexity index is 1290. The van der Waals surface area contributed by atoms with E-state index in [0.29, 0.717) is 22.8 Å². The largest absolute Gasteiger partial charge is 0.485 e. The molecule has 2 amide bonds. The minimum absolute atomic E-state index is 0.182. The zero-order chi connectivity index (χ0) is 23.4. The minimum atomic E-state index is -0.377. The first-order valence-corrected chi connectivity index (χ1v) is 10.4. The predicted molar refractivity (Wildman–Crippen MR) is 125 cm³/mol. The van der Waals surface area contributed by atoms with Crippen LogP contribution < -0.4 is 15.4 Å². The molecule has 0 radical (unpaired) electrons. The third-order valence-corrected chi connectivity index (χ3v) is 4.95. The van der Waals surface area contributed by atoms with Gasteiger partial charge in [-0.15, -0.1) is 0 Å². The molecule has 0 atom stereocenters. The molecule has 4 aromatic rings. The van der Waals surface area contributed by atoms with Gasteiger partial charge in [0.15, 0.2) is 11.5 Å². The number of ether oxygens (including phenoxy) is 1. The van der Waals surface area contributed by atoms with Crippen LogP contribution in [0.15, 0.2) is 71.3 Å². The summed E-state index contributed by atoms with van der Waals surface area (Å²) < 4.78 is 13.0. The highest BCUT2D eigenvalue weighted by molar-refractivity contribution is 6.04. The normalized spacial score (nSPS) is 10.6. The van der Waals surface area contributed by atoms with E-state index >= 15 is 0 Å². The topological polar surface area (TPSA) is 98.4 Å². The van der Waals surface area contributed by atoms with Gasteiger partial charge in [-0.25, -0.2) is 0 Å². The number of aryl methyl sites for hydroxylation is 3. The molecular formula is C25H24N4O4. The molecule has 2 aromatic carbocycles. The van der Waals surface area contributed by atoms with Gasteiger partial charge in [0.05, 0.1) is 0 Å². The molecule has 0 saturated heterocycles. The molecule has 2 N–H and O–H groups in total. The summed E-state index contributed by atoms with van der Waals surface area (Å²) in [4.78, 5) is 24.7. The van der Waals surface area contributed by atoms with Crippen molar-refractivity contribution >= 4 is 23.2 Å². The van der Waals surface area contributed by atoms with Gasteiger partial charge in [0, 0.05) is 24.6 Å². The highest BCUT2D eigenvalue weighted by Crippen LogP contribution is 2.21. The van der Waals surface area contributed by atoms with Crippen LogP contribution in [0.1, 0.15) is 37.9 Å². The Kier molecular flexibility index (Phi) is 6.26. The number of benzene rings is 2. The van der Waals surface area contributed by atoms with Crippen LogP contribution in [0.3, 0.4) is 0 Å². The highest BCUT2D eigenvalue weighted by atomic mass is 16.5. The second kappa shape index (κ2) is 9.44. The maximum absolute atomic E-state index is 12.5. The lowest BCUT2D eigenvalue weighted by Gasteiger charge is -2.08. The highest BCUT2D eigenvalue weighted by Gasteiger charge is 2.13. The van der Waals surface area contributed by atoms with Crippen molar-refractivity contribution in [3.8, 4) is 5.75 Å². The zero-order valence-electron chi connectivity index (χ0n) is 18.6. The molecular weight excluding hydrogens is 420 g/mol. The zero-order valence-corrected chi connectivity index (χ0v) is 18.6. The first kappa shape index (κ1) is 21.9. The van der Waals surface area contributed by atoms with Crippen LogP contribution >= 0.6 is 0 Å². The first-order chi connectivity index (χ1) is 15.9. The van der Waals surface area contributed by atoms with Crippen molar-refractivity contribution in [1.82, 2.24) is 9.78 Å². The Morgan fingerprint density at radius 3 is 2.30 bits per heavy atom. The van der Waals surface area contributed by atoms with Crippen molar-refractivity contribution in [3.05, 3.63) is 95.2 Å². The number of nitrogens with zero attached hydrogens (tertiary/aromatic N) is 2. The molecule has 8 nitrogen and oxygen atoms in total. The van der Waals surface area contributed by atoms with Gasteiger partial charge in [-0.2, -0.15) is 5.10 Å². The second-order valence-corrected chi connectivity index (χ2v) is 7.68. The van der Waals surface area contributed by atoms with E-state index in [0.717, 1.165) is 16.9 Å². The number of aromatic nitrogens is 2. The van der Waals surface area contributed by atoms with E-state index in [1.807, 2.05) is 32.0 Å². The maximum Gasteiger partial charge on any atom is 0.291 e. The molecule has 0 aliphatic rings. The van der Waals surface area contributed by atoms with Crippen LogP contribution in [0, 0.1) is 13.8 Å². The molecule has 33 heavy (non-hydrogen) atoms. The van der Waals surface area contributed by atoms with Gasteiger partial charge >= 0.3 is 0 Å². The van der Waals surface area contributed by atoms with Crippen LogP contribution in [0.5, 0.6) is 5.75 Å². The summed E-state index contributed by atoms with van der Waals surface area (Å²) in [6, 6.07) is 17.7. The molecule has 0 bridgehead atoms. The number of carbonyl (C=O) groups is 2. The fraction of sp³-hybridized carbons (Fsp3) is 0.160. The fourth-order valence-corrected chi connectivity index (χ4v) is 3.15. The second-order valence-electron chi connectivity index (χ2n) is 7.68. The van der Waals surface area contributed by atoms with Crippen LogP contribution in [-0.2, 0) is 13.7 Å². The fourth-order valence-electron chi connectivity index (χ4n) is 3.15. The summed E-state index contributed by atoms with van der Waals surface area (Å²) in [6.45, 7) is 4.20. The molecule has 2 heterocycles. The van der Waals surface area contributed by atoms with Crippen molar-refractivity contribution in [1.29, 1.82) is 0 Å². The predicted octanol–water partition coefficient (Wildman–Crippen LogP) is 4.71. The molecule has 0 aliphatic carbocycles. The van der Waals surface area contributed by atoms with Gasteiger partial charge in [0.25, 0.3) is 11.8 Å². The quantitative estimate of drug-likeness (QED) is 0.430. The number of furan rings is 1. The number of hydrogen-bond donors (Lipinski definition) is 2. The smallest absolute Gasteiger partial charge is 0.291 e. The van der Waals surface area contributed by atoms with E-state index in [1.165, 1.54) is 0 Å². The molecule has 0 spiro atoms. The molecule has 0 unspecified atom stereocenters. The molecule has 4 rings (SSSR count). The summed E-state index contributed by atoms with van der Waals surface area (Å²) in [7, 11) is 1.74. The van der Waals surface area contributed by atoms with Crippen molar-refractivity contribution < 1.29 is 18.7 Å². The van der Waals surface area contributed by atoms with Crippen LogP contribution in [0.4, 0.5) is 11.4 Å². The van der Waals surface area contributed by atoms with Crippen LogP contribution in [0.2, 0.25) is 0 Å². The van der Waals surface area contributed by atoms with Crippen molar-refractivity contribution in [3.63, 3.8) is 0 Å². The average molecular weight is 444 g/mol. The van der Waals surface area contributed by atoms with E-state index < -0.39 is 0 Å². The van der Waals surface area contributed by atoms with Gasteiger partial charge < -0.3 is 19.8 Å². The van der Waals surface area contributed by atoms with Crippen LogP contribution in [0.25, 0.3) is 0 Å². The number of anilines is 2. The third-order valence-electron chi connectivity index (χ3n) is 4.95. The van der Waals surface area contributed by atoms with E-state index in [4.69, 9.17) is 9.15 Å². The minimum Gasteiger partial charge on any atom is -0.485 e. The number of hydrogen-bond acceptors (Lipinski definition) is 5. The number of carbonyl (C=O) groups excluding carboxylic acids is 2. The van der Waals surface area contributed by atoms with E-state index in [2.05, 4.69) is 15.7 Å². The summed E-state index contributed by atoms with van der Waals surface area (Å²) in [5.41, 5.74) is 3.63. The summed E-state index contributed by atoms with van der Waals surface area (Å²) >= 11 is 0. The SMILES string of the molecule is Cc1ccc(C)c(OCc2ccc(C(=O)Nc3ccc(NC(=O)c4ccn(C)n4)cc3)o2)c1. The Balaban J connectivity index is 1.32. The van der Waals surface area contributed by atoms with E-state index in [9.17, 15) is 9.59 Å². The third kappa shape index (κ3) is 5.48. The molecule has 2 aromatic heterocycles. The van der Waals surface area contributed by atoms with Crippen molar-refractivity contribution in [2.45, 2.75) is 20.5 Å². The Labute approximate surface area is 191 Å². The lowest BCUT2D eigenvalue weighted by Crippen LogP contribution is -2.13. The molecule has 8 heteroatoms. The van der Waals surface area contributed by atoms with Gasteiger partial charge in [0.1, 0.15) is 18.1 Å². The Hall–Kier alpha value is -4.33.